The van der Waals surface area contributed by atoms with Gasteiger partial charge in [-0.05, 0) is 36.4 Å². The van der Waals surface area contributed by atoms with Crippen LogP contribution in [0.3, 0.4) is 0 Å². The van der Waals surface area contributed by atoms with Crippen LogP contribution in [-0.4, -0.2) is 27.2 Å². The van der Waals surface area contributed by atoms with Crippen molar-refractivity contribution in [3.05, 3.63) is 65.6 Å². The summed E-state index contributed by atoms with van der Waals surface area (Å²) in [5, 5.41) is 7.67. The lowest BCUT2D eigenvalue weighted by Crippen LogP contribution is -2.11. The molecular weight excluding hydrogens is 299 g/mol. The Hall–Kier alpha value is -3.35. The molecule has 0 spiro atoms. The number of nitrogens with zero attached hydrogens (tertiary/aromatic N) is 3. The fourth-order valence-corrected chi connectivity index (χ4v) is 2.23. The molecular formula is C16H11FN4O2. The van der Waals surface area contributed by atoms with E-state index in [1.807, 2.05) is 0 Å². The number of primary amides is 1. The summed E-state index contributed by atoms with van der Waals surface area (Å²) in [5.74, 6) is -1.05. The molecule has 2 aromatic carbocycles. The average molecular weight is 310 g/mol. The molecule has 6 nitrogen and oxygen atoms in total. The lowest BCUT2D eigenvalue weighted by atomic mass is 10.1. The quantitative estimate of drug-likeness (QED) is 0.746. The van der Waals surface area contributed by atoms with E-state index in [4.69, 9.17) is 5.73 Å². The Bertz CT molecular complexity index is 887. The second-order valence-electron chi connectivity index (χ2n) is 4.74. The number of benzene rings is 2. The van der Waals surface area contributed by atoms with Gasteiger partial charge in [0.1, 0.15) is 11.5 Å². The molecule has 0 saturated carbocycles. The van der Waals surface area contributed by atoms with Crippen LogP contribution in [0.25, 0.3) is 16.9 Å². The Balaban J connectivity index is 2.18. The fourth-order valence-electron chi connectivity index (χ4n) is 2.23. The van der Waals surface area contributed by atoms with Gasteiger partial charge in [0.2, 0.25) is 5.91 Å². The van der Waals surface area contributed by atoms with Gasteiger partial charge in [-0.2, -0.15) is 0 Å². The van der Waals surface area contributed by atoms with Gasteiger partial charge in [0.25, 0.3) is 0 Å². The molecule has 0 fully saturated rings. The highest BCUT2D eigenvalue weighted by Crippen LogP contribution is 2.26. The SMILES string of the molecule is NC(=O)c1ccc(-n2nnc(C=O)c2-c2ccccc2F)cc1. The van der Waals surface area contributed by atoms with Crippen molar-refractivity contribution in [2.45, 2.75) is 0 Å². The number of rotatable bonds is 4. The molecule has 0 aliphatic heterocycles. The Morgan fingerprint density at radius 2 is 1.83 bits per heavy atom. The van der Waals surface area contributed by atoms with Gasteiger partial charge in [0.15, 0.2) is 12.0 Å². The minimum atomic E-state index is -0.557. The van der Waals surface area contributed by atoms with Gasteiger partial charge in [-0.1, -0.05) is 17.3 Å². The molecule has 2 N–H and O–H groups in total. The summed E-state index contributed by atoms with van der Waals surface area (Å²) in [4.78, 5) is 22.3. The van der Waals surface area contributed by atoms with Crippen LogP contribution < -0.4 is 5.73 Å². The molecule has 3 rings (SSSR count). The number of halogens is 1. The van der Waals surface area contributed by atoms with E-state index in [0.717, 1.165) is 0 Å². The van der Waals surface area contributed by atoms with Gasteiger partial charge in [-0.3, -0.25) is 9.59 Å². The molecule has 0 unspecified atom stereocenters. The molecule has 0 aliphatic carbocycles. The van der Waals surface area contributed by atoms with Gasteiger partial charge in [0, 0.05) is 11.1 Å². The first kappa shape index (κ1) is 14.6. The van der Waals surface area contributed by atoms with Crippen LogP contribution in [0, 0.1) is 5.82 Å². The van der Waals surface area contributed by atoms with Crippen molar-refractivity contribution in [1.29, 1.82) is 0 Å². The standard InChI is InChI=1S/C16H11FN4O2/c17-13-4-2-1-3-12(13)15-14(9-22)19-20-21(15)11-7-5-10(6-8-11)16(18)23/h1-9H,(H2,18,23). The second kappa shape index (κ2) is 5.80. The minimum absolute atomic E-state index is 0.0223. The summed E-state index contributed by atoms with van der Waals surface area (Å²) in [7, 11) is 0. The van der Waals surface area contributed by atoms with Crippen LogP contribution in [0.2, 0.25) is 0 Å². The number of aromatic nitrogens is 3. The van der Waals surface area contributed by atoms with E-state index < -0.39 is 11.7 Å². The first-order valence-electron chi connectivity index (χ1n) is 6.68. The molecule has 23 heavy (non-hydrogen) atoms. The van der Waals surface area contributed by atoms with Crippen molar-refractivity contribution in [3.8, 4) is 16.9 Å². The monoisotopic (exact) mass is 310 g/mol. The maximum absolute atomic E-state index is 14.1. The lowest BCUT2D eigenvalue weighted by molar-refractivity contribution is 0.1000. The van der Waals surface area contributed by atoms with Crippen molar-refractivity contribution in [2.75, 3.05) is 0 Å². The number of amides is 1. The van der Waals surface area contributed by atoms with Crippen molar-refractivity contribution in [3.63, 3.8) is 0 Å². The molecule has 0 saturated heterocycles. The van der Waals surface area contributed by atoms with E-state index >= 15 is 0 Å². The molecule has 0 aliphatic rings. The third kappa shape index (κ3) is 2.59. The van der Waals surface area contributed by atoms with Crippen LogP contribution in [0.15, 0.2) is 48.5 Å². The van der Waals surface area contributed by atoms with Gasteiger partial charge in [0.05, 0.1) is 5.69 Å². The molecule has 1 heterocycles. The molecule has 1 aromatic heterocycles. The molecule has 0 radical (unpaired) electrons. The smallest absolute Gasteiger partial charge is 0.248 e. The van der Waals surface area contributed by atoms with E-state index in [1.54, 1.807) is 24.3 Å². The van der Waals surface area contributed by atoms with E-state index in [-0.39, 0.29) is 17.0 Å². The number of carbonyl (C=O) groups excluding carboxylic acids is 2. The third-order valence-electron chi connectivity index (χ3n) is 3.33. The Morgan fingerprint density at radius 1 is 1.13 bits per heavy atom. The highest BCUT2D eigenvalue weighted by atomic mass is 19.1. The lowest BCUT2D eigenvalue weighted by Gasteiger charge is -2.08. The highest BCUT2D eigenvalue weighted by molar-refractivity contribution is 5.93. The molecule has 1 amide bonds. The van der Waals surface area contributed by atoms with Crippen molar-refractivity contribution >= 4 is 12.2 Å². The maximum Gasteiger partial charge on any atom is 0.248 e. The average Bonchev–Trinajstić information content (AvgIpc) is 2.99. The Labute approximate surface area is 130 Å². The number of aldehydes is 1. The Morgan fingerprint density at radius 3 is 2.43 bits per heavy atom. The van der Waals surface area contributed by atoms with Crippen molar-refractivity contribution < 1.29 is 14.0 Å². The maximum atomic E-state index is 14.1. The third-order valence-corrected chi connectivity index (χ3v) is 3.33. The summed E-state index contributed by atoms with van der Waals surface area (Å²) in [5.41, 5.74) is 6.52. The summed E-state index contributed by atoms with van der Waals surface area (Å²) < 4.78 is 15.4. The summed E-state index contributed by atoms with van der Waals surface area (Å²) in [6.07, 6.45) is 0.517. The van der Waals surface area contributed by atoms with E-state index in [1.165, 1.54) is 28.9 Å². The molecule has 3 aromatic rings. The van der Waals surface area contributed by atoms with E-state index in [9.17, 15) is 14.0 Å². The zero-order valence-electron chi connectivity index (χ0n) is 11.8. The number of hydrogen-bond donors (Lipinski definition) is 1. The van der Waals surface area contributed by atoms with Crippen LogP contribution in [0.1, 0.15) is 20.8 Å². The first-order chi connectivity index (χ1) is 11.1. The molecule has 0 bridgehead atoms. The Kier molecular flexibility index (Phi) is 3.68. The zero-order valence-corrected chi connectivity index (χ0v) is 11.8. The topological polar surface area (TPSA) is 90.9 Å². The van der Waals surface area contributed by atoms with Gasteiger partial charge < -0.3 is 5.73 Å². The van der Waals surface area contributed by atoms with E-state index in [2.05, 4.69) is 10.3 Å². The van der Waals surface area contributed by atoms with Crippen LogP contribution in [0.5, 0.6) is 0 Å². The van der Waals surface area contributed by atoms with Gasteiger partial charge in [-0.25, -0.2) is 9.07 Å². The predicted molar refractivity (Wildman–Crippen MR) is 80.7 cm³/mol. The number of carbonyl (C=O) groups is 2. The van der Waals surface area contributed by atoms with Crippen molar-refractivity contribution in [2.24, 2.45) is 5.73 Å². The van der Waals surface area contributed by atoms with Crippen molar-refractivity contribution in [1.82, 2.24) is 15.0 Å². The predicted octanol–water partition coefficient (Wildman–Crippen LogP) is 1.98. The summed E-state index contributed by atoms with van der Waals surface area (Å²) >= 11 is 0. The molecule has 0 atom stereocenters. The molecule has 114 valence electrons. The minimum Gasteiger partial charge on any atom is -0.366 e. The van der Waals surface area contributed by atoms with Gasteiger partial charge >= 0.3 is 0 Å². The summed E-state index contributed by atoms with van der Waals surface area (Å²) in [6, 6.07) is 12.3. The van der Waals surface area contributed by atoms with E-state index in [0.29, 0.717) is 17.5 Å². The van der Waals surface area contributed by atoms with Crippen LogP contribution in [0.4, 0.5) is 4.39 Å². The highest BCUT2D eigenvalue weighted by Gasteiger charge is 2.18. The normalized spacial score (nSPS) is 10.5. The zero-order chi connectivity index (χ0) is 16.4. The van der Waals surface area contributed by atoms with Crippen LogP contribution >= 0.6 is 0 Å². The molecule has 7 heteroatoms. The summed E-state index contributed by atoms with van der Waals surface area (Å²) in [6.45, 7) is 0. The second-order valence-corrected chi connectivity index (χ2v) is 4.74. The largest absolute Gasteiger partial charge is 0.366 e. The first-order valence-corrected chi connectivity index (χ1v) is 6.68. The van der Waals surface area contributed by atoms with Gasteiger partial charge in [-0.15, -0.1) is 5.10 Å². The fraction of sp³-hybridized carbons (Fsp3) is 0. The number of nitrogens with two attached hydrogens (primary N) is 1. The van der Waals surface area contributed by atoms with Crippen LogP contribution in [-0.2, 0) is 0 Å². The number of hydrogen-bond acceptors (Lipinski definition) is 4.